The van der Waals surface area contributed by atoms with Crippen molar-refractivity contribution in [1.82, 2.24) is 9.97 Å². The maximum atomic E-state index is 5.87. The van der Waals surface area contributed by atoms with E-state index in [2.05, 4.69) is 15.3 Å². The predicted octanol–water partition coefficient (Wildman–Crippen LogP) is 2.52. The normalized spacial score (nSPS) is 10.6. The highest BCUT2D eigenvalue weighted by Gasteiger charge is 2.04. The Labute approximate surface area is 94.3 Å². The van der Waals surface area contributed by atoms with Crippen LogP contribution in [-0.2, 0) is 0 Å². The molecule has 0 amide bonds. The molecule has 0 aromatic carbocycles. The fourth-order valence-electron chi connectivity index (χ4n) is 0.919. The van der Waals surface area contributed by atoms with E-state index in [1.54, 1.807) is 0 Å². The summed E-state index contributed by atoms with van der Waals surface area (Å²) < 4.78 is 5.35. The molecule has 4 nitrogen and oxygen atoms in total. The van der Waals surface area contributed by atoms with Gasteiger partial charge in [0.15, 0.2) is 0 Å². The van der Waals surface area contributed by atoms with Crippen molar-refractivity contribution in [3.63, 3.8) is 0 Å². The first-order valence-electron chi connectivity index (χ1n) is 4.78. The predicted molar refractivity (Wildman–Crippen MR) is 61.5 cm³/mol. The van der Waals surface area contributed by atoms with Crippen LogP contribution in [0.5, 0.6) is 5.88 Å². The monoisotopic (exact) mass is 227 g/mol. The fraction of sp³-hybridized carbons (Fsp3) is 0.400. The Hall–Kier alpha value is -1.29. The van der Waals surface area contributed by atoms with Gasteiger partial charge >= 0.3 is 0 Å². The highest BCUT2D eigenvalue weighted by atomic mass is 35.5. The van der Waals surface area contributed by atoms with Gasteiger partial charge in [0, 0.05) is 6.54 Å². The van der Waals surface area contributed by atoms with Crippen molar-refractivity contribution in [2.24, 2.45) is 0 Å². The van der Waals surface area contributed by atoms with Crippen LogP contribution < -0.4 is 10.1 Å². The van der Waals surface area contributed by atoms with Crippen LogP contribution in [0.2, 0.25) is 5.02 Å². The second-order valence-electron chi connectivity index (χ2n) is 2.76. The average Bonchev–Trinajstić information content (AvgIpc) is 2.23. The Bertz CT molecular complexity index is 341. The molecule has 1 N–H and O–H groups in total. The topological polar surface area (TPSA) is 47.0 Å². The Morgan fingerprint density at radius 2 is 2.40 bits per heavy atom. The summed E-state index contributed by atoms with van der Waals surface area (Å²) in [5.41, 5.74) is 0. The molecule has 15 heavy (non-hydrogen) atoms. The van der Waals surface area contributed by atoms with Gasteiger partial charge in [0.25, 0.3) is 0 Å². The molecule has 0 aliphatic rings. The van der Waals surface area contributed by atoms with Crippen molar-refractivity contribution in [1.29, 1.82) is 0 Å². The third-order valence-corrected chi connectivity index (χ3v) is 1.86. The van der Waals surface area contributed by atoms with E-state index in [0.29, 0.717) is 23.5 Å². The van der Waals surface area contributed by atoms with E-state index in [0.717, 1.165) is 6.54 Å². The van der Waals surface area contributed by atoms with Gasteiger partial charge in [0.2, 0.25) is 11.8 Å². The Balaban J connectivity index is 2.71. The van der Waals surface area contributed by atoms with E-state index in [1.807, 2.05) is 26.0 Å². The second-order valence-corrected chi connectivity index (χ2v) is 3.16. The lowest BCUT2D eigenvalue weighted by Gasteiger charge is -2.06. The van der Waals surface area contributed by atoms with Gasteiger partial charge in [-0.15, -0.1) is 0 Å². The van der Waals surface area contributed by atoms with Crippen molar-refractivity contribution < 1.29 is 4.74 Å². The number of hydrogen-bond donors (Lipinski definition) is 1. The van der Waals surface area contributed by atoms with Gasteiger partial charge in [0.1, 0.15) is 11.6 Å². The number of aromatic nitrogens is 2. The Kier molecular flexibility index (Phi) is 4.90. The minimum Gasteiger partial charge on any atom is -0.472 e. The summed E-state index contributed by atoms with van der Waals surface area (Å²) in [5, 5.41) is 3.40. The van der Waals surface area contributed by atoms with Gasteiger partial charge in [-0.2, -0.15) is 4.98 Å². The molecular formula is C10H14ClN3O. The van der Waals surface area contributed by atoms with Crippen molar-refractivity contribution >= 4 is 17.5 Å². The fourth-order valence-corrected chi connectivity index (χ4v) is 1.06. The minimum absolute atomic E-state index is 0.403. The number of ether oxygens (including phenoxy) is 1. The van der Waals surface area contributed by atoms with Crippen LogP contribution in [0.1, 0.15) is 13.8 Å². The number of anilines is 1. The van der Waals surface area contributed by atoms with Crippen LogP contribution in [0.25, 0.3) is 0 Å². The molecule has 82 valence electrons. The Morgan fingerprint density at radius 3 is 3.07 bits per heavy atom. The van der Waals surface area contributed by atoms with Gasteiger partial charge in [-0.3, -0.25) is 0 Å². The molecule has 1 rings (SSSR count). The number of nitrogens with zero attached hydrogens (tertiary/aromatic N) is 2. The highest BCUT2D eigenvalue weighted by Crippen LogP contribution is 2.21. The molecule has 0 spiro atoms. The van der Waals surface area contributed by atoms with Gasteiger partial charge in [-0.1, -0.05) is 23.8 Å². The smallest absolute Gasteiger partial charge is 0.237 e. The minimum atomic E-state index is 0.403. The molecule has 1 aromatic heterocycles. The van der Waals surface area contributed by atoms with Crippen LogP contribution in [0, 0.1) is 0 Å². The quantitative estimate of drug-likeness (QED) is 0.786. The molecule has 0 radical (unpaired) electrons. The zero-order valence-corrected chi connectivity index (χ0v) is 9.58. The first-order valence-corrected chi connectivity index (χ1v) is 5.16. The number of allylic oxidation sites excluding steroid dienone is 1. The number of rotatable bonds is 5. The largest absolute Gasteiger partial charge is 0.472 e. The van der Waals surface area contributed by atoms with Crippen LogP contribution in [0.15, 0.2) is 18.3 Å². The van der Waals surface area contributed by atoms with Gasteiger partial charge in [-0.05, 0) is 13.8 Å². The summed E-state index contributed by atoms with van der Waals surface area (Å²) in [6.45, 7) is 5.11. The molecular weight excluding hydrogens is 214 g/mol. The van der Waals surface area contributed by atoms with Crippen LogP contribution >= 0.6 is 11.6 Å². The van der Waals surface area contributed by atoms with E-state index in [-0.39, 0.29) is 0 Å². The van der Waals surface area contributed by atoms with Crippen molar-refractivity contribution in [3.8, 4) is 5.88 Å². The summed E-state index contributed by atoms with van der Waals surface area (Å²) >= 11 is 5.87. The molecule has 1 aromatic rings. The standard InChI is InChI=1S/C10H14ClN3O/c1-3-5-6-15-9-8(11)7-13-10(14-9)12-4-2/h3,5,7H,4,6H2,1-2H3,(H,12,13,14)/b5-3+. The third kappa shape index (κ3) is 3.75. The van der Waals surface area contributed by atoms with Crippen molar-refractivity contribution in [3.05, 3.63) is 23.4 Å². The van der Waals surface area contributed by atoms with Crippen molar-refractivity contribution in [2.45, 2.75) is 13.8 Å². The summed E-state index contributed by atoms with van der Waals surface area (Å²) in [7, 11) is 0. The van der Waals surface area contributed by atoms with E-state index >= 15 is 0 Å². The highest BCUT2D eigenvalue weighted by molar-refractivity contribution is 6.31. The molecule has 1 heterocycles. The Morgan fingerprint density at radius 1 is 1.60 bits per heavy atom. The van der Waals surface area contributed by atoms with Crippen LogP contribution in [-0.4, -0.2) is 23.1 Å². The molecule has 0 saturated heterocycles. The molecule has 0 aliphatic carbocycles. The average molecular weight is 228 g/mol. The van der Waals surface area contributed by atoms with E-state index in [4.69, 9.17) is 16.3 Å². The lowest BCUT2D eigenvalue weighted by molar-refractivity contribution is 0.348. The second kappa shape index (κ2) is 6.24. The summed E-state index contributed by atoms with van der Waals surface area (Å²) in [4.78, 5) is 8.13. The number of halogens is 1. The maximum Gasteiger partial charge on any atom is 0.237 e. The van der Waals surface area contributed by atoms with Crippen LogP contribution in [0.3, 0.4) is 0 Å². The van der Waals surface area contributed by atoms with Gasteiger partial charge in [0.05, 0.1) is 6.20 Å². The van der Waals surface area contributed by atoms with Gasteiger partial charge < -0.3 is 10.1 Å². The zero-order chi connectivity index (χ0) is 11.1. The molecule has 5 heteroatoms. The first kappa shape index (κ1) is 11.8. The third-order valence-electron chi connectivity index (χ3n) is 1.60. The first-order chi connectivity index (χ1) is 7.27. The lowest BCUT2D eigenvalue weighted by atomic mass is 10.5. The molecule has 0 aliphatic heterocycles. The number of nitrogens with one attached hydrogen (secondary N) is 1. The van der Waals surface area contributed by atoms with Crippen molar-refractivity contribution in [2.75, 3.05) is 18.5 Å². The zero-order valence-electron chi connectivity index (χ0n) is 8.83. The van der Waals surface area contributed by atoms with E-state index < -0.39 is 0 Å². The molecule has 0 atom stereocenters. The summed E-state index contributed by atoms with van der Waals surface area (Å²) in [6, 6.07) is 0. The molecule has 0 bridgehead atoms. The molecule has 0 unspecified atom stereocenters. The van der Waals surface area contributed by atoms with E-state index in [1.165, 1.54) is 6.20 Å². The molecule has 0 saturated carbocycles. The van der Waals surface area contributed by atoms with Crippen LogP contribution in [0.4, 0.5) is 5.95 Å². The maximum absolute atomic E-state index is 5.87. The van der Waals surface area contributed by atoms with E-state index in [9.17, 15) is 0 Å². The number of hydrogen-bond acceptors (Lipinski definition) is 4. The van der Waals surface area contributed by atoms with Gasteiger partial charge in [-0.25, -0.2) is 4.98 Å². The SMILES string of the molecule is C/C=C/COc1nc(NCC)ncc1Cl. The summed E-state index contributed by atoms with van der Waals surface area (Å²) in [5.74, 6) is 0.929. The lowest BCUT2D eigenvalue weighted by Crippen LogP contribution is -2.04. The molecule has 0 fully saturated rings. The summed E-state index contributed by atoms with van der Waals surface area (Å²) in [6.07, 6.45) is 5.31.